The molecule has 0 bridgehead atoms. The van der Waals surface area contributed by atoms with Gasteiger partial charge in [-0.15, -0.1) is 0 Å². The minimum atomic E-state index is 0.832. The smallest absolute Gasteiger partial charge is 0.0357 e. The van der Waals surface area contributed by atoms with Crippen LogP contribution in [0.3, 0.4) is 0 Å². The van der Waals surface area contributed by atoms with Crippen LogP contribution in [0.1, 0.15) is 32.1 Å². The van der Waals surface area contributed by atoms with Crippen LogP contribution in [0.4, 0.5) is 0 Å². The Hall–Kier alpha value is 0. The fourth-order valence-corrected chi connectivity index (χ4v) is 1.78. The van der Waals surface area contributed by atoms with Crippen LogP contribution in [0.2, 0.25) is 0 Å². The van der Waals surface area contributed by atoms with Crippen molar-refractivity contribution < 1.29 is 0 Å². The van der Waals surface area contributed by atoms with Crippen molar-refractivity contribution in [1.29, 1.82) is 0 Å². The topological polar surface area (TPSA) is 0 Å². The molecule has 0 heteroatoms. The maximum Gasteiger partial charge on any atom is -0.0357 e. The summed E-state index contributed by atoms with van der Waals surface area (Å²) in [5.41, 5.74) is 0. The average molecular weight is 123 g/mol. The molecule has 0 aromatic rings. The molecule has 2 saturated carbocycles. The number of hydrogen-bond acceptors (Lipinski definition) is 0. The highest BCUT2D eigenvalue weighted by Gasteiger charge is 2.35. The van der Waals surface area contributed by atoms with Crippen molar-refractivity contribution in [2.75, 3.05) is 0 Å². The van der Waals surface area contributed by atoms with Gasteiger partial charge < -0.3 is 0 Å². The average Bonchev–Trinajstić information content (AvgIpc) is 2.37. The molecular formula is C9H15. The second kappa shape index (κ2) is 2.00. The second-order valence-corrected chi connectivity index (χ2v) is 3.69. The van der Waals surface area contributed by atoms with Crippen LogP contribution in [0.5, 0.6) is 0 Å². The Labute approximate surface area is 57.6 Å². The Morgan fingerprint density at radius 1 is 1.00 bits per heavy atom. The van der Waals surface area contributed by atoms with E-state index in [2.05, 4.69) is 6.92 Å². The third-order valence-electron chi connectivity index (χ3n) is 2.98. The van der Waals surface area contributed by atoms with E-state index in [0.717, 1.165) is 17.8 Å². The van der Waals surface area contributed by atoms with E-state index in [9.17, 15) is 0 Å². The highest BCUT2D eigenvalue weighted by molar-refractivity contribution is 4.89. The lowest BCUT2D eigenvalue weighted by molar-refractivity contribution is 0.220. The first kappa shape index (κ1) is 5.76. The van der Waals surface area contributed by atoms with E-state index < -0.39 is 0 Å². The molecule has 1 radical (unpaired) electrons. The third kappa shape index (κ3) is 0.997. The van der Waals surface area contributed by atoms with E-state index in [0.29, 0.717) is 0 Å². The molecule has 0 aromatic carbocycles. The van der Waals surface area contributed by atoms with Gasteiger partial charge in [0.2, 0.25) is 0 Å². The van der Waals surface area contributed by atoms with E-state index in [-0.39, 0.29) is 0 Å². The summed E-state index contributed by atoms with van der Waals surface area (Å²) < 4.78 is 0. The Kier molecular flexibility index (Phi) is 1.28. The molecule has 9 heavy (non-hydrogen) atoms. The molecule has 0 amide bonds. The summed E-state index contributed by atoms with van der Waals surface area (Å²) in [7, 11) is 0. The first-order chi connectivity index (χ1) is 4.38. The molecule has 0 heterocycles. The van der Waals surface area contributed by atoms with Gasteiger partial charge in [0.15, 0.2) is 0 Å². The molecule has 2 rings (SSSR count). The second-order valence-electron chi connectivity index (χ2n) is 3.69. The van der Waals surface area contributed by atoms with Crippen LogP contribution in [0.15, 0.2) is 0 Å². The van der Waals surface area contributed by atoms with E-state index >= 15 is 0 Å². The van der Waals surface area contributed by atoms with Crippen molar-refractivity contribution in [3.63, 3.8) is 0 Å². The van der Waals surface area contributed by atoms with E-state index in [4.69, 9.17) is 0 Å². The van der Waals surface area contributed by atoms with Crippen LogP contribution in [0, 0.1) is 24.7 Å². The van der Waals surface area contributed by atoms with Gasteiger partial charge >= 0.3 is 0 Å². The zero-order valence-corrected chi connectivity index (χ0v) is 5.97. The van der Waals surface area contributed by atoms with Crippen molar-refractivity contribution in [3.05, 3.63) is 6.92 Å². The van der Waals surface area contributed by atoms with Crippen molar-refractivity contribution in [1.82, 2.24) is 0 Å². The van der Waals surface area contributed by atoms with Crippen molar-refractivity contribution in [2.24, 2.45) is 17.8 Å². The molecule has 0 saturated heterocycles. The van der Waals surface area contributed by atoms with Gasteiger partial charge in [0.05, 0.1) is 0 Å². The SMILES string of the molecule is [CH2]C(C1CCC1)C1CC1. The summed E-state index contributed by atoms with van der Waals surface area (Å²) >= 11 is 0. The summed E-state index contributed by atoms with van der Waals surface area (Å²) in [4.78, 5) is 0. The van der Waals surface area contributed by atoms with E-state index in [1.165, 1.54) is 32.1 Å². The normalized spacial score (nSPS) is 31.7. The van der Waals surface area contributed by atoms with Gasteiger partial charge in [0.25, 0.3) is 0 Å². The minimum Gasteiger partial charge on any atom is -0.0528 e. The molecule has 2 fully saturated rings. The molecule has 51 valence electrons. The highest BCUT2D eigenvalue weighted by atomic mass is 14.4. The molecule has 2 aliphatic rings. The molecule has 0 spiro atoms. The maximum absolute atomic E-state index is 4.22. The monoisotopic (exact) mass is 123 g/mol. The van der Waals surface area contributed by atoms with Gasteiger partial charge in [-0.3, -0.25) is 0 Å². The van der Waals surface area contributed by atoms with E-state index in [1.54, 1.807) is 0 Å². The van der Waals surface area contributed by atoms with Gasteiger partial charge in [-0.1, -0.05) is 19.3 Å². The summed E-state index contributed by atoms with van der Waals surface area (Å²) in [5.74, 6) is 2.89. The maximum atomic E-state index is 4.22. The molecule has 0 N–H and O–H groups in total. The van der Waals surface area contributed by atoms with Crippen molar-refractivity contribution >= 4 is 0 Å². The van der Waals surface area contributed by atoms with Crippen molar-refractivity contribution in [2.45, 2.75) is 32.1 Å². The molecule has 0 nitrogen and oxygen atoms in total. The molecule has 2 aliphatic carbocycles. The Morgan fingerprint density at radius 3 is 1.89 bits per heavy atom. The van der Waals surface area contributed by atoms with Gasteiger partial charge in [0, 0.05) is 0 Å². The summed E-state index contributed by atoms with van der Waals surface area (Å²) in [6.07, 6.45) is 7.38. The number of rotatable bonds is 2. The lowest BCUT2D eigenvalue weighted by atomic mass is 9.75. The zero-order chi connectivity index (χ0) is 6.27. The zero-order valence-electron chi connectivity index (χ0n) is 5.97. The first-order valence-corrected chi connectivity index (χ1v) is 4.21. The molecule has 0 aliphatic heterocycles. The standard InChI is InChI=1S/C9H15/c1-7(9-5-6-9)8-3-2-4-8/h7-9H,1-6H2. The van der Waals surface area contributed by atoms with Gasteiger partial charge in [-0.25, -0.2) is 0 Å². The van der Waals surface area contributed by atoms with Crippen LogP contribution in [-0.4, -0.2) is 0 Å². The highest BCUT2D eigenvalue weighted by Crippen LogP contribution is 2.46. The minimum absolute atomic E-state index is 0.832. The molecule has 0 aromatic heterocycles. The fraction of sp³-hybridized carbons (Fsp3) is 0.889. The summed E-state index contributed by atoms with van der Waals surface area (Å²) in [6.45, 7) is 4.22. The predicted molar refractivity (Wildman–Crippen MR) is 38.9 cm³/mol. The van der Waals surface area contributed by atoms with E-state index in [1.807, 2.05) is 0 Å². The Bertz CT molecular complexity index is 98.6. The van der Waals surface area contributed by atoms with Gasteiger partial charge in [0.1, 0.15) is 0 Å². The van der Waals surface area contributed by atoms with Gasteiger partial charge in [-0.2, -0.15) is 0 Å². The molecular weight excluding hydrogens is 108 g/mol. The summed E-state index contributed by atoms with van der Waals surface area (Å²) in [6, 6.07) is 0. The fourth-order valence-electron chi connectivity index (χ4n) is 1.78. The van der Waals surface area contributed by atoms with Crippen molar-refractivity contribution in [3.8, 4) is 0 Å². The molecule has 1 unspecified atom stereocenters. The summed E-state index contributed by atoms with van der Waals surface area (Å²) in [5, 5.41) is 0. The van der Waals surface area contributed by atoms with Gasteiger partial charge in [-0.05, 0) is 37.5 Å². The van der Waals surface area contributed by atoms with Crippen LogP contribution < -0.4 is 0 Å². The number of hydrogen-bond donors (Lipinski definition) is 0. The lowest BCUT2D eigenvalue weighted by Crippen LogP contribution is -2.20. The Morgan fingerprint density at radius 2 is 1.56 bits per heavy atom. The molecule has 1 atom stereocenters. The largest absolute Gasteiger partial charge is 0.0528 e. The van der Waals surface area contributed by atoms with Crippen LogP contribution in [0.25, 0.3) is 0 Å². The Balaban J connectivity index is 1.81. The lowest BCUT2D eigenvalue weighted by Gasteiger charge is -2.31. The first-order valence-electron chi connectivity index (χ1n) is 4.21. The van der Waals surface area contributed by atoms with Crippen LogP contribution in [-0.2, 0) is 0 Å². The van der Waals surface area contributed by atoms with Crippen LogP contribution >= 0.6 is 0 Å². The quantitative estimate of drug-likeness (QED) is 0.529. The predicted octanol–water partition coefficient (Wildman–Crippen LogP) is 2.65. The third-order valence-corrected chi connectivity index (χ3v) is 2.98.